The lowest BCUT2D eigenvalue weighted by atomic mass is 10.1. The Labute approximate surface area is 73.9 Å². The molecular weight excluding hydrogens is 150 g/mol. The van der Waals surface area contributed by atoms with Crippen molar-refractivity contribution in [2.75, 3.05) is 6.54 Å². The molecule has 2 rings (SSSR count). The van der Waals surface area contributed by atoms with E-state index in [4.69, 9.17) is 0 Å². The molecular formula is C10H17NO. The molecule has 2 unspecified atom stereocenters. The maximum Gasteiger partial charge on any atom is 0.225 e. The summed E-state index contributed by atoms with van der Waals surface area (Å²) in [7, 11) is 0. The molecule has 2 heteroatoms. The minimum atomic E-state index is 0.185. The second-order valence-corrected chi connectivity index (χ2v) is 4.48. The van der Waals surface area contributed by atoms with Gasteiger partial charge in [-0.15, -0.1) is 0 Å². The third-order valence-electron chi connectivity index (χ3n) is 3.19. The number of hydrogen-bond acceptors (Lipinski definition) is 1. The highest BCUT2D eigenvalue weighted by Gasteiger charge is 2.40. The highest BCUT2D eigenvalue weighted by Crippen LogP contribution is 2.37. The van der Waals surface area contributed by atoms with Gasteiger partial charge in [-0.3, -0.25) is 4.79 Å². The molecule has 2 nitrogen and oxygen atoms in total. The predicted molar refractivity (Wildman–Crippen MR) is 47.7 cm³/mol. The van der Waals surface area contributed by atoms with Crippen molar-refractivity contribution >= 4 is 5.91 Å². The van der Waals surface area contributed by atoms with E-state index in [1.165, 1.54) is 19.3 Å². The number of likely N-dealkylation sites (tertiary alicyclic amines) is 1. The van der Waals surface area contributed by atoms with Crippen LogP contribution in [0.1, 0.15) is 33.1 Å². The van der Waals surface area contributed by atoms with Crippen LogP contribution in [0.15, 0.2) is 0 Å². The molecule has 1 amide bonds. The molecule has 68 valence electrons. The second kappa shape index (κ2) is 2.75. The summed E-state index contributed by atoms with van der Waals surface area (Å²) in [6, 6.07) is 0.602. The quantitative estimate of drug-likeness (QED) is 0.581. The predicted octanol–water partition coefficient (Wildman–Crippen LogP) is 1.65. The Morgan fingerprint density at radius 1 is 1.42 bits per heavy atom. The standard InChI is InChI=1S/C10H17NO/c1-7(2)10(12)11-6-8-3-4-9(11)5-8/h7-9H,3-6H2,1-2H3. The van der Waals surface area contributed by atoms with E-state index in [1.54, 1.807) is 0 Å². The van der Waals surface area contributed by atoms with Crippen molar-refractivity contribution in [3.05, 3.63) is 0 Å². The summed E-state index contributed by atoms with van der Waals surface area (Å²) in [6.45, 7) is 5.03. The van der Waals surface area contributed by atoms with Gasteiger partial charge in [-0.05, 0) is 25.2 Å². The fraction of sp³-hybridized carbons (Fsp3) is 0.900. The first-order valence-electron chi connectivity index (χ1n) is 4.99. The zero-order valence-corrected chi connectivity index (χ0v) is 7.92. The fourth-order valence-corrected chi connectivity index (χ4v) is 2.53. The van der Waals surface area contributed by atoms with Gasteiger partial charge in [0.2, 0.25) is 5.91 Å². The van der Waals surface area contributed by atoms with Crippen molar-refractivity contribution in [1.82, 2.24) is 4.90 Å². The van der Waals surface area contributed by atoms with Crippen LogP contribution in [0.25, 0.3) is 0 Å². The first-order chi connectivity index (χ1) is 5.68. The zero-order chi connectivity index (χ0) is 8.72. The monoisotopic (exact) mass is 167 g/mol. The number of nitrogens with zero attached hydrogens (tertiary/aromatic N) is 1. The van der Waals surface area contributed by atoms with Crippen LogP contribution < -0.4 is 0 Å². The Kier molecular flexibility index (Phi) is 1.85. The Hall–Kier alpha value is -0.530. The van der Waals surface area contributed by atoms with Crippen molar-refractivity contribution in [3.8, 4) is 0 Å². The minimum absolute atomic E-state index is 0.185. The maximum atomic E-state index is 11.7. The number of carbonyl (C=O) groups is 1. The summed E-state index contributed by atoms with van der Waals surface area (Å²) in [4.78, 5) is 13.8. The zero-order valence-electron chi connectivity index (χ0n) is 7.92. The molecule has 1 saturated heterocycles. The van der Waals surface area contributed by atoms with Crippen molar-refractivity contribution < 1.29 is 4.79 Å². The van der Waals surface area contributed by atoms with Gasteiger partial charge in [-0.25, -0.2) is 0 Å². The van der Waals surface area contributed by atoms with E-state index in [0.29, 0.717) is 11.9 Å². The number of piperidine rings is 1. The van der Waals surface area contributed by atoms with Crippen LogP contribution in [-0.4, -0.2) is 23.4 Å². The summed E-state index contributed by atoms with van der Waals surface area (Å²) >= 11 is 0. The molecule has 1 aliphatic heterocycles. The van der Waals surface area contributed by atoms with Gasteiger partial charge < -0.3 is 4.90 Å². The van der Waals surface area contributed by atoms with Crippen molar-refractivity contribution in [3.63, 3.8) is 0 Å². The molecule has 1 aliphatic carbocycles. The molecule has 2 fully saturated rings. The first-order valence-corrected chi connectivity index (χ1v) is 4.99. The van der Waals surface area contributed by atoms with Gasteiger partial charge in [0.1, 0.15) is 0 Å². The molecule has 1 heterocycles. The molecule has 0 aromatic heterocycles. The van der Waals surface area contributed by atoms with Crippen LogP contribution in [0.2, 0.25) is 0 Å². The molecule has 2 atom stereocenters. The molecule has 0 radical (unpaired) electrons. The van der Waals surface area contributed by atoms with Gasteiger partial charge in [0.05, 0.1) is 0 Å². The molecule has 0 aromatic carbocycles. The smallest absolute Gasteiger partial charge is 0.225 e. The molecule has 0 N–H and O–H groups in total. The lowest BCUT2D eigenvalue weighted by Crippen LogP contribution is -2.39. The minimum Gasteiger partial charge on any atom is -0.339 e. The average Bonchev–Trinajstić information content (AvgIpc) is 2.62. The highest BCUT2D eigenvalue weighted by molar-refractivity contribution is 5.78. The van der Waals surface area contributed by atoms with E-state index >= 15 is 0 Å². The van der Waals surface area contributed by atoms with Crippen LogP contribution in [0, 0.1) is 11.8 Å². The number of hydrogen-bond donors (Lipinski definition) is 0. The van der Waals surface area contributed by atoms with Gasteiger partial charge in [0, 0.05) is 18.5 Å². The van der Waals surface area contributed by atoms with Crippen molar-refractivity contribution in [1.29, 1.82) is 0 Å². The van der Waals surface area contributed by atoms with E-state index in [0.717, 1.165) is 12.5 Å². The van der Waals surface area contributed by atoms with E-state index in [1.807, 2.05) is 13.8 Å². The van der Waals surface area contributed by atoms with Crippen LogP contribution in [-0.2, 0) is 4.79 Å². The summed E-state index contributed by atoms with van der Waals surface area (Å²) in [6.07, 6.45) is 3.88. The van der Waals surface area contributed by atoms with Crippen LogP contribution in [0.3, 0.4) is 0 Å². The SMILES string of the molecule is CC(C)C(=O)N1CC2CCC1C2. The number of rotatable bonds is 1. The number of fused-ring (bicyclic) bond motifs is 2. The third-order valence-corrected chi connectivity index (χ3v) is 3.19. The first kappa shape index (κ1) is 8.09. The Morgan fingerprint density at radius 2 is 2.17 bits per heavy atom. The van der Waals surface area contributed by atoms with Gasteiger partial charge in [0.15, 0.2) is 0 Å². The normalized spacial score (nSPS) is 33.4. The molecule has 0 aromatic rings. The lowest BCUT2D eigenvalue weighted by Gasteiger charge is -2.28. The highest BCUT2D eigenvalue weighted by atomic mass is 16.2. The molecule has 12 heavy (non-hydrogen) atoms. The number of amides is 1. The Bertz CT molecular complexity index is 200. The topological polar surface area (TPSA) is 20.3 Å². The second-order valence-electron chi connectivity index (χ2n) is 4.48. The molecule has 2 aliphatic rings. The van der Waals surface area contributed by atoms with Gasteiger partial charge >= 0.3 is 0 Å². The summed E-state index contributed by atoms with van der Waals surface area (Å²) in [5.74, 6) is 1.38. The van der Waals surface area contributed by atoms with Gasteiger partial charge in [-0.2, -0.15) is 0 Å². The summed E-state index contributed by atoms with van der Waals surface area (Å²) < 4.78 is 0. The van der Waals surface area contributed by atoms with E-state index in [2.05, 4.69) is 4.90 Å². The van der Waals surface area contributed by atoms with Crippen LogP contribution in [0.5, 0.6) is 0 Å². The maximum absolute atomic E-state index is 11.7. The molecule has 0 spiro atoms. The largest absolute Gasteiger partial charge is 0.339 e. The third kappa shape index (κ3) is 1.13. The fourth-order valence-electron chi connectivity index (χ4n) is 2.53. The van der Waals surface area contributed by atoms with Crippen molar-refractivity contribution in [2.45, 2.75) is 39.2 Å². The van der Waals surface area contributed by atoms with Crippen molar-refractivity contribution in [2.24, 2.45) is 11.8 Å². The van der Waals surface area contributed by atoms with E-state index in [9.17, 15) is 4.79 Å². The Morgan fingerprint density at radius 3 is 2.58 bits per heavy atom. The van der Waals surface area contributed by atoms with E-state index < -0.39 is 0 Å². The van der Waals surface area contributed by atoms with Crippen LogP contribution >= 0.6 is 0 Å². The van der Waals surface area contributed by atoms with Gasteiger partial charge in [-0.1, -0.05) is 13.8 Å². The molecule has 1 saturated carbocycles. The van der Waals surface area contributed by atoms with E-state index in [-0.39, 0.29) is 5.92 Å². The van der Waals surface area contributed by atoms with Crippen LogP contribution in [0.4, 0.5) is 0 Å². The molecule has 2 bridgehead atoms. The number of carbonyl (C=O) groups excluding carboxylic acids is 1. The lowest BCUT2D eigenvalue weighted by molar-refractivity contribution is -0.136. The summed E-state index contributed by atoms with van der Waals surface area (Å²) in [5.41, 5.74) is 0. The Balaban J connectivity index is 2.02. The van der Waals surface area contributed by atoms with Gasteiger partial charge in [0.25, 0.3) is 0 Å². The summed E-state index contributed by atoms with van der Waals surface area (Å²) in [5, 5.41) is 0. The average molecular weight is 167 g/mol.